The number of ether oxygens (including phenoxy) is 1. The monoisotopic (exact) mass is 375 g/mol. The van der Waals surface area contributed by atoms with E-state index in [2.05, 4.69) is 5.32 Å². The van der Waals surface area contributed by atoms with Gasteiger partial charge in [0.25, 0.3) is 10.0 Å². The van der Waals surface area contributed by atoms with E-state index in [0.717, 1.165) is 10.7 Å². The fraction of sp³-hybridized carbons (Fsp3) is 0.688. The molecule has 0 saturated heterocycles. The standard InChI is InChI=1S/C16H29N3O5S/c1-16(2,3)24-15(20)19(6)11-7-10-17-12-13-8-9-14(23-13)25(21,22)18(4)5/h8-9,17H,7,10-12H2,1-6H3. The molecule has 1 N–H and O–H groups in total. The predicted molar refractivity (Wildman–Crippen MR) is 94.8 cm³/mol. The van der Waals surface area contributed by atoms with E-state index in [0.29, 0.717) is 25.4 Å². The van der Waals surface area contributed by atoms with Gasteiger partial charge in [0.2, 0.25) is 5.09 Å². The van der Waals surface area contributed by atoms with Crippen LogP contribution in [-0.2, 0) is 21.3 Å². The van der Waals surface area contributed by atoms with Gasteiger partial charge in [-0.2, -0.15) is 0 Å². The first-order chi connectivity index (χ1) is 11.4. The Labute approximate surface area is 150 Å². The van der Waals surface area contributed by atoms with Crippen LogP contribution in [0.25, 0.3) is 0 Å². The highest BCUT2D eigenvalue weighted by atomic mass is 32.2. The molecule has 25 heavy (non-hydrogen) atoms. The lowest BCUT2D eigenvalue weighted by Crippen LogP contribution is -2.35. The molecule has 0 aromatic carbocycles. The summed E-state index contributed by atoms with van der Waals surface area (Å²) in [6.07, 6.45) is 0.385. The molecule has 1 heterocycles. The molecule has 0 aliphatic carbocycles. The normalized spacial score (nSPS) is 12.4. The zero-order chi connectivity index (χ0) is 19.3. The summed E-state index contributed by atoms with van der Waals surface area (Å²) >= 11 is 0. The maximum atomic E-state index is 11.9. The van der Waals surface area contributed by atoms with Crippen molar-refractivity contribution < 1.29 is 22.4 Å². The average molecular weight is 375 g/mol. The van der Waals surface area contributed by atoms with Gasteiger partial charge in [0.15, 0.2) is 0 Å². The molecule has 0 spiro atoms. The number of carbonyl (C=O) groups is 1. The van der Waals surface area contributed by atoms with Gasteiger partial charge in [-0.05, 0) is 45.9 Å². The molecule has 0 unspecified atom stereocenters. The second-order valence-corrected chi connectivity index (χ2v) is 9.02. The van der Waals surface area contributed by atoms with Crippen LogP contribution >= 0.6 is 0 Å². The summed E-state index contributed by atoms with van der Waals surface area (Å²) in [4.78, 5) is 13.3. The number of hydrogen-bond acceptors (Lipinski definition) is 6. The number of hydrogen-bond donors (Lipinski definition) is 1. The third-order valence-corrected chi connectivity index (χ3v) is 4.91. The number of carbonyl (C=O) groups excluding carboxylic acids is 1. The summed E-state index contributed by atoms with van der Waals surface area (Å²) in [6, 6.07) is 3.08. The van der Waals surface area contributed by atoms with Gasteiger partial charge in [0.05, 0.1) is 6.54 Å². The van der Waals surface area contributed by atoms with Crippen LogP contribution in [0.5, 0.6) is 0 Å². The van der Waals surface area contributed by atoms with E-state index in [9.17, 15) is 13.2 Å². The minimum Gasteiger partial charge on any atom is -0.447 e. The Bertz CT molecular complexity index is 662. The Morgan fingerprint density at radius 1 is 1.24 bits per heavy atom. The summed E-state index contributed by atoms with van der Waals surface area (Å²) < 4.78 is 35.6. The number of nitrogens with zero attached hydrogens (tertiary/aromatic N) is 2. The van der Waals surface area contributed by atoms with Crippen LogP contribution in [0.4, 0.5) is 4.79 Å². The molecule has 9 heteroatoms. The Kier molecular flexibility index (Phi) is 7.45. The maximum absolute atomic E-state index is 11.9. The molecule has 0 bridgehead atoms. The second-order valence-electron chi connectivity index (χ2n) is 6.94. The molecular formula is C16H29N3O5S. The van der Waals surface area contributed by atoms with Crippen molar-refractivity contribution in [2.75, 3.05) is 34.2 Å². The summed E-state index contributed by atoms with van der Waals surface area (Å²) in [5.74, 6) is 0.543. The first-order valence-corrected chi connectivity index (χ1v) is 9.53. The first-order valence-electron chi connectivity index (χ1n) is 8.09. The summed E-state index contributed by atoms with van der Waals surface area (Å²) in [5, 5.41) is 3.09. The molecule has 0 atom stereocenters. The summed E-state index contributed by atoms with van der Waals surface area (Å²) in [6.45, 7) is 7.11. The van der Waals surface area contributed by atoms with Crippen LogP contribution in [0, 0.1) is 0 Å². The minimum atomic E-state index is -3.55. The third kappa shape index (κ3) is 7.05. The number of nitrogens with one attached hydrogen (secondary N) is 1. The third-order valence-electron chi connectivity index (χ3n) is 3.22. The van der Waals surface area contributed by atoms with Crippen LogP contribution in [0.1, 0.15) is 33.0 Å². The van der Waals surface area contributed by atoms with Crippen molar-refractivity contribution in [2.45, 2.75) is 44.4 Å². The summed E-state index contributed by atoms with van der Waals surface area (Å²) in [7, 11) is 1.06. The highest BCUT2D eigenvalue weighted by Crippen LogP contribution is 2.16. The summed E-state index contributed by atoms with van der Waals surface area (Å²) in [5.41, 5.74) is -0.506. The van der Waals surface area contributed by atoms with Crippen molar-refractivity contribution in [3.8, 4) is 0 Å². The molecule has 8 nitrogen and oxygen atoms in total. The van der Waals surface area contributed by atoms with Gasteiger partial charge in [-0.3, -0.25) is 0 Å². The molecular weight excluding hydrogens is 346 g/mol. The smallest absolute Gasteiger partial charge is 0.410 e. The van der Waals surface area contributed by atoms with Crippen LogP contribution in [0.2, 0.25) is 0 Å². The Hall–Kier alpha value is -1.58. The molecule has 1 aromatic rings. The molecule has 144 valence electrons. The maximum Gasteiger partial charge on any atom is 0.410 e. The molecule has 0 aliphatic rings. The predicted octanol–water partition coefficient (Wildman–Crippen LogP) is 1.88. The Morgan fingerprint density at radius 2 is 1.88 bits per heavy atom. The molecule has 0 aliphatic heterocycles. The first kappa shape index (κ1) is 21.5. The van der Waals surface area contributed by atoms with Crippen molar-refractivity contribution in [1.29, 1.82) is 0 Å². The number of sulfonamides is 1. The van der Waals surface area contributed by atoms with Gasteiger partial charge in [0.1, 0.15) is 11.4 Å². The van der Waals surface area contributed by atoms with E-state index in [4.69, 9.17) is 9.15 Å². The van der Waals surface area contributed by atoms with Crippen LogP contribution in [0.15, 0.2) is 21.6 Å². The lowest BCUT2D eigenvalue weighted by Gasteiger charge is -2.24. The van der Waals surface area contributed by atoms with E-state index in [-0.39, 0.29) is 11.2 Å². The number of furan rings is 1. The molecule has 0 radical (unpaired) electrons. The minimum absolute atomic E-state index is 0.0704. The number of rotatable bonds is 8. The van der Waals surface area contributed by atoms with Crippen molar-refractivity contribution in [3.05, 3.63) is 17.9 Å². The van der Waals surface area contributed by atoms with Crippen molar-refractivity contribution in [1.82, 2.24) is 14.5 Å². The largest absolute Gasteiger partial charge is 0.447 e. The topological polar surface area (TPSA) is 92.1 Å². The van der Waals surface area contributed by atoms with E-state index < -0.39 is 15.6 Å². The zero-order valence-electron chi connectivity index (χ0n) is 15.8. The van der Waals surface area contributed by atoms with Crippen molar-refractivity contribution in [3.63, 3.8) is 0 Å². The second kappa shape index (κ2) is 8.68. The lowest BCUT2D eigenvalue weighted by molar-refractivity contribution is 0.0297. The van der Waals surface area contributed by atoms with E-state index in [1.807, 2.05) is 20.8 Å². The highest BCUT2D eigenvalue weighted by molar-refractivity contribution is 7.88. The molecule has 1 aromatic heterocycles. The van der Waals surface area contributed by atoms with Crippen LogP contribution in [-0.4, -0.2) is 63.5 Å². The molecule has 0 fully saturated rings. The van der Waals surface area contributed by atoms with Crippen molar-refractivity contribution >= 4 is 16.1 Å². The van der Waals surface area contributed by atoms with E-state index >= 15 is 0 Å². The van der Waals surface area contributed by atoms with Gasteiger partial charge in [0, 0.05) is 27.7 Å². The molecule has 0 saturated carbocycles. The van der Waals surface area contributed by atoms with Crippen molar-refractivity contribution in [2.24, 2.45) is 0 Å². The number of amides is 1. The zero-order valence-corrected chi connectivity index (χ0v) is 16.6. The molecule has 1 amide bonds. The van der Waals surface area contributed by atoms with Crippen LogP contribution < -0.4 is 5.32 Å². The SMILES string of the molecule is CN(CCCNCc1ccc(S(=O)(=O)N(C)C)o1)C(=O)OC(C)(C)C. The Morgan fingerprint density at radius 3 is 2.44 bits per heavy atom. The van der Waals surface area contributed by atoms with Gasteiger partial charge in [-0.25, -0.2) is 17.5 Å². The fourth-order valence-corrected chi connectivity index (χ4v) is 2.67. The van der Waals surface area contributed by atoms with Gasteiger partial charge >= 0.3 is 6.09 Å². The van der Waals surface area contributed by atoms with Gasteiger partial charge in [-0.15, -0.1) is 0 Å². The van der Waals surface area contributed by atoms with Gasteiger partial charge < -0.3 is 19.4 Å². The lowest BCUT2D eigenvalue weighted by atomic mass is 10.2. The Balaban J connectivity index is 2.33. The average Bonchev–Trinajstić information content (AvgIpc) is 2.94. The van der Waals surface area contributed by atoms with E-state index in [1.165, 1.54) is 25.1 Å². The van der Waals surface area contributed by atoms with Gasteiger partial charge in [-0.1, -0.05) is 0 Å². The fourth-order valence-electron chi connectivity index (χ4n) is 1.86. The van der Waals surface area contributed by atoms with E-state index in [1.54, 1.807) is 13.1 Å². The quantitative estimate of drug-likeness (QED) is 0.698. The molecule has 1 rings (SSSR count). The van der Waals surface area contributed by atoms with Crippen LogP contribution in [0.3, 0.4) is 0 Å². The highest BCUT2D eigenvalue weighted by Gasteiger charge is 2.21.